The van der Waals surface area contributed by atoms with Crippen molar-refractivity contribution in [2.45, 2.75) is 43.4 Å². The largest absolute Gasteiger partial charge is 0.423 e. The number of carbonyl (C=O) groups excluding carboxylic acids is 1. The zero-order valence-corrected chi connectivity index (χ0v) is 18.2. The number of carbonyl (C=O) groups is 1. The molecular formula is C22H23ClN2O4S. The molecule has 4 rings (SSSR count). The summed E-state index contributed by atoms with van der Waals surface area (Å²) >= 11 is 6.24. The van der Waals surface area contributed by atoms with Gasteiger partial charge in [0.25, 0.3) is 0 Å². The van der Waals surface area contributed by atoms with Crippen LogP contribution in [0.3, 0.4) is 0 Å². The Balaban J connectivity index is 1.71. The highest BCUT2D eigenvalue weighted by Gasteiger charge is 2.26. The second-order valence-electron chi connectivity index (χ2n) is 7.77. The van der Waals surface area contributed by atoms with Gasteiger partial charge in [0.05, 0.1) is 15.6 Å². The molecule has 1 heterocycles. The minimum Gasteiger partial charge on any atom is -0.423 e. The lowest BCUT2D eigenvalue weighted by atomic mass is 10.0. The fraction of sp³-hybridized carbons (Fsp3) is 0.364. The molecule has 1 aromatic heterocycles. The van der Waals surface area contributed by atoms with E-state index in [0.29, 0.717) is 29.1 Å². The first-order valence-electron chi connectivity index (χ1n) is 10.0. The van der Waals surface area contributed by atoms with Gasteiger partial charge in [-0.1, -0.05) is 49.4 Å². The first-order valence-corrected chi connectivity index (χ1v) is 12.3. The third-order valence-electron chi connectivity index (χ3n) is 5.54. The van der Waals surface area contributed by atoms with Crippen LogP contribution in [0.25, 0.3) is 11.1 Å². The van der Waals surface area contributed by atoms with Crippen LogP contribution in [0.4, 0.5) is 11.7 Å². The smallest absolute Gasteiger partial charge is 0.310 e. The topological polar surface area (TPSA) is 80.5 Å². The van der Waals surface area contributed by atoms with Crippen LogP contribution in [0.2, 0.25) is 5.02 Å². The molecule has 0 saturated heterocycles. The van der Waals surface area contributed by atoms with Crippen LogP contribution in [0.5, 0.6) is 0 Å². The number of benzene rings is 2. The number of para-hydroxylation sites is 2. The molecule has 1 amide bonds. The van der Waals surface area contributed by atoms with Gasteiger partial charge in [-0.3, -0.25) is 4.79 Å². The highest BCUT2D eigenvalue weighted by atomic mass is 35.5. The number of halogens is 1. The van der Waals surface area contributed by atoms with Crippen LogP contribution >= 0.6 is 11.6 Å². The van der Waals surface area contributed by atoms with Gasteiger partial charge in [-0.25, -0.2) is 13.3 Å². The predicted molar refractivity (Wildman–Crippen MR) is 117 cm³/mol. The zero-order valence-electron chi connectivity index (χ0n) is 16.7. The number of anilines is 2. The summed E-state index contributed by atoms with van der Waals surface area (Å²) in [6.07, 6.45) is 7.02. The van der Waals surface area contributed by atoms with Gasteiger partial charge in [-0.05, 0) is 42.7 Å². The number of oxazole rings is 1. The summed E-state index contributed by atoms with van der Waals surface area (Å²) in [4.78, 5) is 19.1. The number of hydrogen-bond acceptors (Lipinski definition) is 5. The van der Waals surface area contributed by atoms with Gasteiger partial charge in [-0.15, -0.1) is 0 Å². The van der Waals surface area contributed by atoms with Crippen molar-refractivity contribution in [2.75, 3.05) is 11.2 Å². The van der Waals surface area contributed by atoms with Crippen LogP contribution in [-0.2, 0) is 14.6 Å². The van der Waals surface area contributed by atoms with Crippen molar-refractivity contribution in [3.8, 4) is 0 Å². The standard InChI is InChI=1S/C22H23ClN2O4S/c1-30(27,28)20-12-11-16(14-17(20)23)25(21(26)13-10-15-6-2-3-7-15)22-24-18-8-4-5-9-19(18)29-22/h4-5,8-9,11-12,14-15H,2-3,6-7,10,13H2,1H3. The summed E-state index contributed by atoms with van der Waals surface area (Å²) < 4.78 is 29.7. The molecular weight excluding hydrogens is 424 g/mol. The SMILES string of the molecule is CS(=O)(=O)c1ccc(N(C(=O)CCC2CCCC2)c2nc3ccccc3o2)cc1Cl. The van der Waals surface area contributed by atoms with E-state index in [1.807, 2.05) is 18.2 Å². The number of rotatable bonds is 6. The fourth-order valence-corrected chi connectivity index (χ4v) is 5.31. The summed E-state index contributed by atoms with van der Waals surface area (Å²) in [5.74, 6) is 0.409. The summed E-state index contributed by atoms with van der Waals surface area (Å²) in [5.41, 5.74) is 1.63. The molecule has 0 spiro atoms. The van der Waals surface area contributed by atoms with Crippen molar-refractivity contribution < 1.29 is 17.6 Å². The molecule has 8 heteroatoms. The molecule has 1 aliphatic carbocycles. The highest BCUT2D eigenvalue weighted by molar-refractivity contribution is 7.90. The van der Waals surface area contributed by atoms with Gasteiger partial charge in [0, 0.05) is 12.7 Å². The van der Waals surface area contributed by atoms with Crippen molar-refractivity contribution in [1.29, 1.82) is 0 Å². The monoisotopic (exact) mass is 446 g/mol. The van der Waals surface area contributed by atoms with E-state index in [4.69, 9.17) is 16.0 Å². The van der Waals surface area contributed by atoms with Gasteiger partial charge in [0.1, 0.15) is 5.52 Å². The third kappa shape index (κ3) is 4.37. The van der Waals surface area contributed by atoms with E-state index in [0.717, 1.165) is 25.5 Å². The maximum absolute atomic E-state index is 13.2. The Morgan fingerprint density at radius 3 is 2.60 bits per heavy atom. The average Bonchev–Trinajstić information content (AvgIpc) is 3.35. The van der Waals surface area contributed by atoms with Crippen molar-refractivity contribution in [1.82, 2.24) is 4.98 Å². The third-order valence-corrected chi connectivity index (χ3v) is 7.12. The van der Waals surface area contributed by atoms with Crippen LogP contribution in [-0.4, -0.2) is 25.6 Å². The minimum absolute atomic E-state index is 0.0174. The van der Waals surface area contributed by atoms with Gasteiger partial charge >= 0.3 is 6.01 Å². The molecule has 158 valence electrons. The highest BCUT2D eigenvalue weighted by Crippen LogP contribution is 2.34. The number of amides is 1. The number of sulfone groups is 1. The summed E-state index contributed by atoms with van der Waals surface area (Å²) in [6.45, 7) is 0. The van der Waals surface area contributed by atoms with E-state index < -0.39 is 9.84 Å². The second-order valence-corrected chi connectivity index (χ2v) is 10.2. The lowest BCUT2D eigenvalue weighted by molar-refractivity contribution is -0.118. The lowest BCUT2D eigenvalue weighted by Crippen LogP contribution is -2.26. The molecule has 1 fully saturated rings. The molecule has 0 aliphatic heterocycles. The Labute approximate surface area is 180 Å². The quantitative estimate of drug-likeness (QED) is 0.498. The molecule has 0 radical (unpaired) electrons. The average molecular weight is 447 g/mol. The van der Waals surface area contributed by atoms with Crippen molar-refractivity contribution in [2.24, 2.45) is 5.92 Å². The number of aromatic nitrogens is 1. The van der Waals surface area contributed by atoms with Gasteiger partial charge in [-0.2, -0.15) is 4.98 Å². The zero-order chi connectivity index (χ0) is 21.3. The number of nitrogens with zero attached hydrogens (tertiary/aromatic N) is 2. The Hall–Kier alpha value is -2.38. The maximum atomic E-state index is 13.2. The van der Waals surface area contributed by atoms with E-state index in [1.165, 1.54) is 29.9 Å². The summed E-state index contributed by atoms with van der Waals surface area (Å²) in [6, 6.07) is 11.9. The Bertz CT molecular complexity index is 1150. The molecule has 30 heavy (non-hydrogen) atoms. The minimum atomic E-state index is -3.48. The Morgan fingerprint density at radius 2 is 1.93 bits per heavy atom. The van der Waals surface area contributed by atoms with Gasteiger partial charge in [0.2, 0.25) is 5.91 Å². The number of fused-ring (bicyclic) bond motifs is 1. The van der Waals surface area contributed by atoms with Crippen LogP contribution in [0.1, 0.15) is 38.5 Å². The van der Waals surface area contributed by atoms with Crippen molar-refractivity contribution >= 4 is 50.1 Å². The first-order chi connectivity index (χ1) is 14.3. The van der Waals surface area contributed by atoms with E-state index in [2.05, 4.69) is 4.98 Å². The molecule has 1 saturated carbocycles. The van der Waals surface area contributed by atoms with E-state index in [-0.39, 0.29) is 21.8 Å². The van der Waals surface area contributed by atoms with E-state index >= 15 is 0 Å². The molecule has 0 atom stereocenters. The Kier molecular flexibility index (Phi) is 5.84. The van der Waals surface area contributed by atoms with E-state index in [9.17, 15) is 13.2 Å². The molecule has 1 aliphatic rings. The maximum Gasteiger partial charge on any atom is 0.310 e. The molecule has 0 N–H and O–H groups in total. The van der Waals surface area contributed by atoms with Crippen LogP contribution < -0.4 is 4.90 Å². The molecule has 0 unspecified atom stereocenters. The number of hydrogen-bond donors (Lipinski definition) is 0. The Morgan fingerprint density at radius 1 is 1.20 bits per heavy atom. The summed E-state index contributed by atoms with van der Waals surface area (Å²) in [5, 5.41) is 0.0553. The molecule has 3 aromatic rings. The molecule has 6 nitrogen and oxygen atoms in total. The predicted octanol–water partition coefficient (Wildman–Crippen LogP) is 5.52. The lowest BCUT2D eigenvalue weighted by Gasteiger charge is -2.20. The van der Waals surface area contributed by atoms with Gasteiger partial charge < -0.3 is 4.42 Å². The molecule has 0 bridgehead atoms. The van der Waals surface area contributed by atoms with Crippen LogP contribution in [0, 0.1) is 5.92 Å². The normalized spacial score (nSPS) is 15.0. The molecule has 2 aromatic carbocycles. The van der Waals surface area contributed by atoms with Gasteiger partial charge in [0.15, 0.2) is 15.4 Å². The van der Waals surface area contributed by atoms with Crippen LogP contribution in [0.15, 0.2) is 51.8 Å². The fourth-order valence-electron chi connectivity index (χ4n) is 3.98. The first kappa shape index (κ1) is 20.9. The van der Waals surface area contributed by atoms with Crippen molar-refractivity contribution in [3.63, 3.8) is 0 Å². The summed E-state index contributed by atoms with van der Waals surface area (Å²) in [7, 11) is -3.48. The second kappa shape index (κ2) is 8.40. The van der Waals surface area contributed by atoms with E-state index in [1.54, 1.807) is 12.1 Å². The van der Waals surface area contributed by atoms with Crippen molar-refractivity contribution in [3.05, 3.63) is 47.5 Å².